The second-order valence-corrected chi connectivity index (χ2v) is 9.88. The molecular formula is C20H21N7O3S. The van der Waals surface area contributed by atoms with Gasteiger partial charge < -0.3 is 9.88 Å². The Kier molecular flexibility index (Phi) is 4.50. The Labute approximate surface area is 178 Å². The molecule has 1 fully saturated rings. The highest BCUT2D eigenvalue weighted by molar-refractivity contribution is 7.90. The number of nitrogens with zero attached hydrogens (tertiary/aromatic N) is 6. The van der Waals surface area contributed by atoms with Crippen molar-refractivity contribution in [3.63, 3.8) is 0 Å². The van der Waals surface area contributed by atoms with Gasteiger partial charge in [0.25, 0.3) is 11.7 Å². The standard InChI is InChI=1S/C20H21N7O3S/c1-12-24-15-6-5-13(8-16(15)25-12)19(28)26-7-3-4-14(10-26)18-17(31(2,29)30)9-21-20-22-11-23-27(18)20/h5-6,8-9,11,14H,3-4,7,10H2,1-2H3,(H,24,25)/t14-/m1/s1. The van der Waals surface area contributed by atoms with Crippen molar-refractivity contribution in [3.8, 4) is 0 Å². The molecular weight excluding hydrogens is 418 g/mol. The van der Waals surface area contributed by atoms with Crippen LogP contribution in [0.15, 0.2) is 35.6 Å². The van der Waals surface area contributed by atoms with Gasteiger partial charge in [-0.1, -0.05) is 0 Å². The molecule has 11 heteroatoms. The quantitative estimate of drug-likeness (QED) is 0.515. The molecule has 3 aromatic heterocycles. The zero-order chi connectivity index (χ0) is 21.8. The second-order valence-electron chi connectivity index (χ2n) is 7.90. The monoisotopic (exact) mass is 439 g/mol. The number of sulfone groups is 1. The predicted molar refractivity (Wildman–Crippen MR) is 113 cm³/mol. The number of hydrogen-bond acceptors (Lipinski definition) is 7. The fourth-order valence-electron chi connectivity index (χ4n) is 4.28. The number of carbonyl (C=O) groups excluding carboxylic acids is 1. The highest BCUT2D eigenvalue weighted by atomic mass is 32.2. The number of aromatic nitrogens is 6. The van der Waals surface area contributed by atoms with Gasteiger partial charge in [0.2, 0.25) is 0 Å². The molecule has 0 spiro atoms. The van der Waals surface area contributed by atoms with Gasteiger partial charge in [-0.05, 0) is 38.0 Å². The number of benzene rings is 1. The summed E-state index contributed by atoms with van der Waals surface area (Å²) in [5.41, 5.74) is 2.73. The zero-order valence-electron chi connectivity index (χ0n) is 17.1. The first-order valence-electron chi connectivity index (χ1n) is 9.95. The number of imidazole rings is 1. The molecule has 1 amide bonds. The van der Waals surface area contributed by atoms with Gasteiger partial charge in [-0.2, -0.15) is 14.6 Å². The van der Waals surface area contributed by atoms with Crippen LogP contribution in [0.4, 0.5) is 0 Å². The van der Waals surface area contributed by atoms with Crippen molar-refractivity contribution in [2.45, 2.75) is 30.6 Å². The SMILES string of the molecule is Cc1nc2ccc(C(=O)N3CCC[C@@H](c4c(S(C)(=O)=O)cnc5ncnn45)C3)cc2[nH]1. The highest BCUT2D eigenvalue weighted by Gasteiger charge is 2.31. The number of aromatic amines is 1. The van der Waals surface area contributed by atoms with E-state index in [0.717, 1.165) is 36.0 Å². The third kappa shape index (κ3) is 3.44. The van der Waals surface area contributed by atoms with Crippen LogP contribution in [0.1, 0.15) is 40.6 Å². The molecule has 160 valence electrons. The highest BCUT2D eigenvalue weighted by Crippen LogP contribution is 2.32. The number of carbonyl (C=O) groups is 1. The summed E-state index contributed by atoms with van der Waals surface area (Å²) in [4.78, 5) is 30.9. The van der Waals surface area contributed by atoms with E-state index in [4.69, 9.17) is 0 Å². The molecule has 4 aromatic rings. The van der Waals surface area contributed by atoms with Gasteiger partial charge in [0.1, 0.15) is 17.0 Å². The molecule has 5 rings (SSSR count). The lowest BCUT2D eigenvalue weighted by Crippen LogP contribution is -2.40. The van der Waals surface area contributed by atoms with E-state index in [1.165, 1.54) is 17.0 Å². The summed E-state index contributed by atoms with van der Waals surface area (Å²) in [6.07, 6.45) is 5.34. The third-order valence-corrected chi connectivity index (χ3v) is 6.76. The summed E-state index contributed by atoms with van der Waals surface area (Å²) in [6.45, 7) is 2.87. The molecule has 1 aliphatic heterocycles. The van der Waals surface area contributed by atoms with Crippen LogP contribution in [0.25, 0.3) is 16.8 Å². The van der Waals surface area contributed by atoms with Crippen molar-refractivity contribution >= 4 is 32.6 Å². The van der Waals surface area contributed by atoms with Crippen molar-refractivity contribution in [2.75, 3.05) is 19.3 Å². The van der Waals surface area contributed by atoms with Gasteiger partial charge in [-0.25, -0.2) is 18.4 Å². The van der Waals surface area contributed by atoms with Crippen molar-refractivity contribution in [1.82, 2.24) is 34.4 Å². The van der Waals surface area contributed by atoms with Crippen molar-refractivity contribution in [3.05, 3.63) is 47.8 Å². The van der Waals surface area contributed by atoms with Gasteiger partial charge in [0.05, 0.1) is 22.9 Å². The number of aryl methyl sites for hydroxylation is 1. The maximum Gasteiger partial charge on any atom is 0.253 e. The number of hydrogen-bond donors (Lipinski definition) is 1. The normalized spacial score (nSPS) is 17.5. The van der Waals surface area contributed by atoms with Crippen LogP contribution < -0.4 is 0 Å². The number of fused-ring (bicyclic) bond motifs is 2. The summed E-state index contributed by atoms with van der Waals surface area (Å²) in [5, 5.41) is 4.20. The van der Waals surface area contributed by atoms with Crippen LogP contribution in [0.3, 0.4) is 0 Å². The average molecular weight is 440 g/mol. The minimum atomic E-state index is -3.53. The summed E-state index contributed by atoms with van der Waals surface area (Å²) >= 11 is 0. The van der Waals surface area contributed by atoms with Gasteiger partial charge in [-0.15, -0.1) is 0 Å². The smallest absolute Gasteiger partial charge is 0.253 e. The molecule has 4 heterocycles. The summed E-state index contributed by atoms with van der Waals surface area (Å²) < 4.78 is 26.3. The van der Waals surface area contributed by atoms with E-state index in [9.17, 15) is 13.2 Å². The van der Waals surface area contributed by atoms with Crippen LogP contribution in [0, 0.1) is 6.92 Å². The zero-order valence-corrected chi connectivity index (χ0v) is 17.9. The predicted octanol–water partition coefficient (Wildman–Crippen LogP) is 1.73. The van der Waals surface area contributed by atoms with Crippen LogP contribution in [-0.4, -0.2) is 68.1 Å². The van der Waals surface area contributed by atoms with Crippen molar-refractivity contribution < 1.29 is 13.2 Å². The van der Waals surface area contributed by atoms with E-state index >= 15 is 0 Å². The molecule has 0 saturated carbocycles. The molecule has 1 atom stereocenters. The molecule has 1 aliphatic rings. The third-order valence-electron chi connectivity index (χ3n) is 5.65. The van der Waals surface area contributed by atoms with Crippen LogP contribution in [-0.2, 0) is 9.84 Å². The Hall–Kier alpha value is -3.34. The van der Waals surface area contributed by atoms with Gasteiger partial charge >= 0.3 is 0 Å². The van der Waals surface area contributed by atoms with Crippen molar-refractivity contribution in [2.24, 2.45) is 0 Å². The topological polar surface area (TPSA) is 126 Å². The first-order valence-corrected chi connectivity index (χ1v) is 11.8. The Morgan fingerprint density at radius 2 is 2.10 bits per heavy atom. The van der Waals surface area contributed by atoms with Crippen LogP contribution in [0.5, 0.6) is 0 Å². The first kappa shape index (κ1) is 19.6. The van der Waals surface area contributed by atoms with E-state index < -0.39 is 9.84 Å². The molecule has 0 unspecified atom stereocenters. The Bertz CT molecular complexity index is 1420. The number of H-pyrrole nitrogens is 1. The minimum Gasteiger partial charge on any atom is -0.342 e. The maximum atomic E-state index is 13.2. The Morgan fingerprint density at radius 3 is 2.90 bits per heavy atom. The van der Waals surface area contributed by atoms with E-state index in [1.54, 1.807) is 11.0 Å². The van der Waals surface area contributed by atoms with E-state index in [-0.39, 0.29) is 16.7 Å². The molecule has 1 aromatic carbocycles. The largest absolute Gasteiger partial charge is 0.342 e. The molecule has 0 bridgehead atoms. The molecule has 0 aliphatic carbocycles. The van der Waals surface area contributed by atoms with Gasteiger partial charge in [-0.3, -0.25) is 4.79 Å². The number of likely N-dealkylation sites (tertiary alicyclic amines) is 1. The second kappa shape index (κ2) is 7.12. The fraction of sp³-hybridized carbons (Fsp3) is 0.350. The lowest BCUT2D eigenvalue weighted by Gasteiger charge is -2.33. The van der Waals surface area contributed by atoms with E-state index in [1.807, 2.05) is 19.1 Å². The minimum absolute atomic E-state index is 0.0938. The maximum absolute atomic E-state index is 13.2. The van der Waals surface area contributed by atoms with Gasteiger partial charge in [0.15, 0.2) is 9.84 Å². The lowest BCUT2D eigenvalue weighted by molar-refractivity contribution is 0.0704. The molecule has 1 saturated heterocycles. The van der Waals surface area contributed by atoms with E-state index in [2.05, 4.69) is 25.0 Å². The Balaban J connectivity index is 1.50. The molecule has 0 radical (unpaired) electrons. The summed E-state index contributed by atoms with van der Waals surface area (Å²) in [5.74, 6) is 0.836. The fourth-order valence-corrected chi connectivity index (χ4v) is 5.15. The first-order chi connectivity index (χ1) is 14.8. The lowest BCUT2D eigenvalue weighted by atomic mass is 9.94. The van der Waals surface area contributed by atoms with Crippen LogP contribution >= 0.6 is 0 Å². The van der Waals surface area contributed by atoms with Gasteiger partial charge in [0, 0.05) is 30.8 Å². The van der Waals surface area contributed by atoms with E-state index in [0.29, 0.717) is 30.1 Å². The average Bonchev–Trinajstić information content (AvgIpc) is 3.36. The molecule has 1 N–H and O–H groups in total. The van der Waals surface area contributed by atoms with Crippen molar-refractivity contribution in [1.29, 1.82) is 0 Å². The van der Waals surface area contributed by atoms with Crippen LogP contribution in [0.2, 0.25) is 0 Å². The number of nitrogens with one attached hydrogen (secondary N) is 1. The number of rotatable bonds is 3. The molecule has 10 nitrogen and oxygen atoms in total. The summed E-state index contributed by atoms with van der Waals surface area (Å²) in [7, 11) is -3.53. The number of piperidine rings is 1. The molecule has 31 heavy (non-hydrogen) atoms. The Morgan fingerprint density at radius 1 is 1.26 bits per heavy atom. The summed E-state index contributed by atoms with van der Waals surface area (Å²) in [6, 6.07) is 5.42. The number of amides is 1.